The van der Waals surface area contributed by atoms with Crippen molar-refractivity contribution in [3.05, 3.63) is 53.6 Å². The van der Waals surface area contributed by atoms with Crippen LogP contribution < -0.4 is 10.1 Å². The zero-order valence-electron chi connectivity index (χ0n) is 13.0. The largest absolute Gasteiger partial charge is 0.492 e. The predicted molar refractivity (Wildman–Crippen MR) is 84.5 cm³/mol. The van der Waals surface area contributed by atoms with Gasteiger partial charge in [0.2, 0.25) is 0 Å². The molecule has 112 valence electrons. The summed E-state index contributed by atoms with van der Waals surface area (Å²) in [5.74, 6) is 0.810. The summed E-state index contributed by atoms with van der Waals surface area (Å²) in [6.45, 7) is 7.83. The average Bonchev–Trinajstić information content (AvgIpc) is 2.51. The summed E-state index contributed by atoms with van der Waals surface area (Å²) in [5, 5.41) is 3.47. The van der Waals surface area contributed by atoms with Crippen molar-refractivity contribution in [1.29, 1.82) is 0 Å². The number of hydrogen-bond donors (Lipinski definition) is 1. The molecule has 0 saturated carbocycles. The van der Waals surface area contributed by atoms with E-state index in [0.29, 0.717) is 6.61 Å². The number of aryl methyl sites for hydroxylation is 1. The van der Waals surface area contributed by atoms with Crippen LogP contribution in [0.2, 0.25) is 0 Å². The van der Waals surface area contributed by atoms with E-state index >= 15 is 0 Å². The summed E-state index contributed by atoms with van der Waals surface area (Å²) in [6, 6.07) is 6.19. The summed E-state index contributed by atoms with van der Waals surface area (Å²) >= 11 is 0. The molecule has 0 spiro atoms. The minimum atomic E-state index is 0.0348. The summed E-state index contributed by atoms with van der Waals surface area (Å²) in [5.41, 5.74) is 3.28. The van der Waals surface area contributed by atoms with Crippen molar-refractivity contribution < 1.29 is 4.74 Å². The second kappa shape index (κ2) is 7.74. The fraction of sp³-hybridized carbons (Fsp3) is 0.412. The first-order chi connectivity index (χ1) is 10.2. The second-order valence-corrected chi connectivity index (χ2v) is 5.05. The lowest BCUT2D eigenvalue weighted by molar-refractivity contribution is 0.315. The highest BCUT2D eigenvalue weighted by Crippen LogP contribution is 2.23. The summed E-state index contributed by atoms with van der Waals surface area (Å²) in [6.07, 6.45) is 6.46. The van der Waals surface area contributed by atoms with E-state index in [0.717, 1.165) is 30.0 Å². The van der Waals surface area contributed by atoms with E-state index in [-0.39, 0.29) is 6.04 Å². The average molecular weight is 285 g/mol. The summed E-state index contributed by atoms with van der Waals surface area (Å²) in [7, 11) is 0. The van der Waals surface area contributed by atoms with Crippen molar-refractivity contribution in [3.63, 3.8) is 0 Å². The minimum Gasteiger partial charge on any atom is -0.492 e. The normalized spacial score (nSPS) is 12.1. The quantitative estimate of drug-likeness (QED) is 0.848. The lowest BCUT2D eigenvalue weighted by Crippen LogP contribution is -2.23. The van der Waals surface area contributed by atoms with Crippen LogP contribution >= 0.6 is 0 Å². The Labute approximate surface area is 126 Å². The third kappa shape index (κ3) is 4.26. The van der Waals surface area contributed by atoms with Gasteiger partial charge in [0, 0.05) is 12.4 Å². The van der Waals surface area contributed by atoms with E-state index in [1.165, 1.54) is 5.56 Å². The van der Waals surface area contributed by atoms with Gasteiger partial charge in [-0.15, -0.1) is 0 Å². The SMILES string of the molecule is CCCOc1cncc(C(NCC)c2cc(C)ccn2)c1. The number of nitrogens with zero attached hydrogens (tertiary/aromatic N) is 2. The van der Waals surface area contributed by atoms with Gasteiger partial charge in [-0.05, 0) is 49.2 Å². The van der Waals surface area contributed by atoms with Crippen LogP contribution in [-0.2, 0) is 0 Å². The first-order valence-corrected chi connectivity index (χ1v) is 7.48. The fourth-order valence-electron chi connectivity index (χ4n) is 2.21. The minimum absolute atomic E-state index is 0.0348. The standard InChI is InChI=1S/C17H23N3O/c1-4-8-21-15-10-14(11-18-12-15)17(19-5-2)16-9-13(3)6-7-20-16/h6-7,9-12,17,19H,4-5,8H2,1-3H3. The topological polar surface area (TPSA) is 47.0 Å². The number of aromatic nitrogens is 2. The summed E-state index contributed by atoms with van der Waals surface area (Å²) in [4.78, 5) is 8.79. The van der Waals surface area contributed by atoms with Crippen LogP contribution in [0.25, 0.3) is 0 Å². The Kier molecular flexibility index (Phi) is 5.69. The number of rotatable bonds is 7. The highest BCUT2D eigenvalue weighted by molar-refractivity contribution is 5.32. The van der Waals surface area contributed by atoms with Crippen LogP contribution in [0.15, 0.2) is 36.8 Å². The van der Waals surface area contributed by atoms with Crippen molar-refractivity contribution >= 4 is 0 Å². The molecule has 0 amide bonds. The molecular formula is C17H23N3O. The maximum absolute atomic E-state index is 5.67. The highest BCUT2D eigenvalue weighted by atomic mass is 16.5. The first kappa shape index (κ1) is 15.4. The van der Waals surface area contributed by atoms with Gasteiger partial charge in [-0.25, -0.2) is 0 Å². The molecule has 1 N–H and O–H groups in total. The number of hydrogen-bond acceptors (Lipinski definition) is 4. The van der Waals surface area contributed by atoms with Gasteiger partial charge in [0.05, 0.1) is 24.5 Å². The Hall–Kier alpha value is -1.94. The molecule has 2 rings (SSSR count). The fourth-order valence-corrected chi connectivity index (χ4v) is 2.21. The molecule has 0 saturated heterocycles. The van der Waals surface area contributed by atoms with Crippen molar-refractivity contribution in [3.8, 4) is 5.75 Å². The Balaban J connectivity index is 2.29. The van der Waals surface area contributed by atoms with Gasteiger partial charge in [0.25, 0.3) is 0 Å². The maximum Gasteiger partial charge on any atom is 0.137 e. The van der Waals surface area contributed by atoms with Gasteiger partial charge in [-0.1, -0.05) is 13.8 Å². The lowest BCUT2D eigenvalue weighted by Gasteiger charge is -2.18. The van der Waals surface area contributed by atoms with E-state index in [9.17, 15) is 0 Å². The zero-order valence-corrected chi connectivity index (χ0v) is 13.0. The van der Waals surface area contributed by atoms with Crippen molar-refractivity contribution in [2.24, 2.45) is 0 Å². The van der Waals surface area contributed by atoms with Crippen LogP contribution in [0, 0.1) is 6.92 Å². The van der Waals surface area contributed by atoms with Gasteiger partial charge < -0.3 is 10.1 Å². The van der Waals surface area contributed by atoms with Gasteiger partial charge in [-0.2, -0.15) is 0 Å². The molecule has 0 radical (unpaired) electrons. The van der Waals surface area contributed by atoms with Crippen LogP contribution in [-0.4, -0.2) is 23.1 Å². The smallest absolute Gasteiger partial charge is 0.137 e. The number of ether oxygens (including phenoxy) is 1. The van der Waals surface area contributed by atoms with E-state index in [1.807, 2.05) is 24.5 Å². The predicted octanol–water partition coefficient (Wildman–Crippen LogP) is 3.27. The third-order valence-electron chi connectivity index (χ3n) is 3.18. The molecule has 2 aromatic heterocycles. The molecule has 0 bridgehead atoms. The van der Waals surface area contributed by atoms with Crippen molar-refractivity contribution in [1.82, 2.24) is 15.3 Å². The lowest BCUT2D eigenvalue weighted by atomic mass is 10.0. The first-order valence-electron chi connectivity index (χ1n) is 7.48. The molecule has 1 unspecified atom stereocenters. The Morgan fingerprint density at radius 1 is 1.24 bits per heavy atom. The van der Waals surface area contributed by atoms with E-state index in [2.05, 4.69) is 42.1 Å². The zero-order chi connectivity index (χ0) is 15.1. The van der Waals surface area contributed by atoms with Crippen LogP contribution in [0.5, 0.6) is 5.75 Å². The Morgan fingerprint density at radius 3 is 2.81 bits per heavy atom. The van der Waals surface area contributed by atoms with Gasteiger partial charge in [-0.3, -0.25) is 9.97 Å². The number of nitrogens with one attached hydrogen (secondary N) is 1. The Bertz CT molecular complexity index is 571. The van der Waals surface area contributed by atoms with Gasteiger partial charge in [0.15, 0.2) is 0 Å². The van der Waals surface area contributed by atoms with E-state index < -0.39 is 0 Å². The van der Waals surface area contributed by atoms with Crippen LogP contribution in [0.3, 0.4) is 0 Å². The van der Waals surface area contributed by atoms with E-state index in [1.54, 1.807) is 6.20 Å². The maximum atomic E-state index is 5.67. The molecule has 1 atom stereocenters. The van der Waals surface area contributed by atoms with Gasteiger partial charge in [0.1, 0.15) is 5.75 Å². The monoisotopic (exact) mass is 285 g/mol. The molecule has 0 aliphatic heterocycles. The van der Waals surface area contributed by atoms with E-state index in [4.69, 9.17) is 4.74 Å². The molecule has 2 aromatic rings. The molecule has 4 heteroatoms. The second-order valence-electron chi connectivity index (χ2n) is 5.05. The molecule has 4 nitrogen and oxygen atoms in total. The number of pyridine rings is 2. The highest BCUT2D eigenvalue weighted by Gasteiger charge is 2.15. The molecule has 0 fully saturated rings. The van der Waals surface area contributed by atoms with Crippen LogP contribution in [0.4, 0.5) is 0 Å². The van der Waals surface area contributed by atoms with Crippen LogP contribution in [0.1, 0.15) is 43.1 Å². The molecule has 0 aromatic carbocycles. The molecule has 0 aliphatic carbocycles. The third-order valence-corrected chi connectivity index (χ3v) is 3.18. The Morgan fingerprint density at radius 2 is 2.10 bits per heavy atom. The molecular weight excluding hydrogens is 262 g/mol. The van der Waals surface area contributed by atoms with Crippen molar-refractivity contribution in [2.75, 3.05) is 13.2 Å². The molecule has 0 aliphatic rings. The van der Waals surface area contributed by atoms with Crippen molar-refractivity contribution in [2.45, 2.75) is 33.2 Å². The molecule has 2 heterocycles. The summed E-state index contributed by atoms with van der Waals surface area (Å²) < 4.78 is 5.67. The van der Waals surface area contributed by atoms with Gasteiger partial charge >= 0.3 is 0 Å². The molecule has 21 heavy (non-hydrogen) atoms.